The van der Waals surface area contributed by atoms with Gasteiger partial charge in [0.05, 0.1) is 12.5 Å². The molecule has 1 saturated heterocycles. The molecule has 1 aromatic rings. The van der Waals surface area contributed by atoms with Crippen LogP contribution in [0.15, 0.2) is 23.0 Å². The third-order valence-corrected chi connectivity index (χ3v) is 3.05. The molecule has 84 valence electrons. The lowest BCUT2D eigenvalue weighted by atomic mass is 10.1. The summed E-state index contributed by atoms with van der Waals surface area (Å²) in [6.45, 7) is 4.95. The predicted molar refractivity (Wildman–Crippen MR) is 59.5 cm³/mol. The van der Waals surface area contributed by atoms with Gasteiger partial charge in [0.2, 0.25) is 0 Å². The van der Waals surface area contributed by atoms with Crippen molar-refractivity contribution in [2.45, 2.75) is 12.6 Å². The molecule has 1 aliphatic rings. The third-order valence-electron chi connectivity index (χ3n) is 3.05. The summed E-state index contributed by atoms with van der Waals surface area (Å²) in [7, 11) is 2.15. The lowest BCUT2D eigenvalue weighted by molar-refractivity contribution is 0.0879. The molecular weight excluding hydrogens is 190 g/mol. The second-order valence-electron chi connectivity index (χ2n) is 4.25. The fourth-order valence-electron chi connectivity index (χ4n) is 2.10. The van der Waals surface area contributed by atoms with Gasteiger partial charge in [-0.3, -0.25) is 4.90 Å². The van der Waals surface area contributed by atoms with E-state index in [2.05, 4.69) is 16.8 Å². The van der Waals surface area contributed by atoms with Gasteiger partial charge in [-0.2, -0.15) is 0 Å². The fraction of sp³-hybridized carbons (Fsp3) is 0.636. The summed E-state index contributed by atoms with van der Waals surface area (Å²) < 4.78 is 5.08. The number of rotatable bonds is 3. The van der Waals surface area contributed by atoms with Crippen LogP contribution in [-0.2, 0) is 6.54 Å². The lowest BCUT2D eigenvalue weighted by Crippen LogP contribution is -2.54. The number of furan rings is 1. The monoisotopic (exact) mass is 209 g/mol. The fourth-order valence-corrected chi connectivity index (χ4v) is 2.10. The van der Waals surface area contributed by atoms with Gasteiger partial charge in [-0.1, -0.05) is 0 Å². The van der Waals surface area contributed by atoms with Gasteiger partial charge in [-0.05, 0) is 13.1 Å². The highest BCUT2D eigenvalue weighted by molar-refractivity contribution is 5.05. The van der Waals surface area contributed by atoms with E-state index in [0.717, 1.165) is 32.7 Å². The molecule has 0 amide bonds. The van der Waals surface area contributed by atoms with E-state index < -0.39 is 0 Å². The van der Waals surface area contributed by atoms with E-state index in [9.17, 15) is 0 Å². The van der Waals surface area contributed by atoms with Crippen LogP contribution in [0.25, 0.3) is 0 Å². The first-order chi connectivity index (χ1) is 7.29. The predicted octanol–water partition coefficient (Wildman–Crippen LogP) is 0.354. The standard InChI is InChI=1S/C11H19N3O/c1-13-3-4-14(11(6-12)8-13)7-10-2-5-15-9-10/h2,5,9,11H,3-4,6-8,12H2,1H3. The van der Waals surface area contributed by atoms with E-state index >= 15 is 0 Å². The molecule has 1 aliphatic heterocycles. The van der Waals surface area contributed by atoms with E-state index in [4.69, 9.17) is 10.2 Å². The van der Waals surface area contributed by atoms with Crippen molar-refractivity contribution in [3.63, 3.8) is 0 Å². The van der Waals surface area contributed by atoms with E-state index in [1.807, 2.05) is 12.3 Å². The molecule has 2 rings (SSSR count). The third kappa shape index (κ3) is 2.59. The Morgan fingerprint density at radius 3 is 3.07 bits per heavy atom. The van der Waals surface area contributed by atoms with Crippen LogP contribution in [0.3, 0.4) is 0 Å². The molecule has 15 heavy (non-hydrogen) atoms. The summed E-state index contributed by atoms with van der Waals surface area (Å²) in [5.41, 5.74) is 7.03. The van der Waals surface area contributed by atoms with E-state index in [0.29, 0.717) is 6.04 Å². The van der Waals surface area contributed by atoms with Crippen LogP contribution in [0.1, 0.15) is 5.56 Å². The summed E-state index contributed by atoms with van der Waals surface area (Å²) in [6, 6.07) is 2.49. The Labute approximate surface area is 90.6 Å². The molecule has 0 aliphatic carbocycles. The van der Waals surface area contributed by atoms with Gasteiger partial charge in [0, 0.05) is 44.3 Å². The van der Waals surface area contributed by atoms with E-state index in [-0.39, 0.29) is 0 Å². The first-order valence-electron chi connectivity index (χ1n) is 5.43. The van der Waals surface area contributed by atoms with Crippen LogP contribution >= 0.6 is 0 Å². The van der Waals surface area contributed by atoms with Crippen LogP contribution in [-0.4, -0.2) is 49.1 Å². The number of hydrogen-bond acceptors (Lipinski definition) is 4. The Balaban J connectivity index is 1.95. The lowest BCUT2D eigenvalue weighted by Gasteiger charge is -2.39. The molecule has 2 heterocycles. The number of piperazine rings is 1. The zero-order valence-electron chi connectivity index (χ0n) is 9.22. The minimum absolute atomic E-state index is 0.471. The van der Waals surface area contributed by atoms with Crippen molar-refractivity contribution in [2.24, 2.45) is 5.73 Å². The van der Waals surface area contributed by atoms with Gasteiger partial charge < -0.3 is 15.1 Å². The molecule has 0 saturated carbocycles. The van der Waals surface area contributed by atoms with Crippen molar-refractivity contribution in [3.8, 4) is 0 Å². The molecule has 0 radical (unpaired) electrons. The van der Waals surface area contributed by atoms with Crippen LogP contribution in [0.2, 0.25) is 0 Å². The first-order valence-corrected chi connectivity index (χ1v) is 5.43. The van der Waals surface area contributed by atoms with Crippen LogP contribution in [0, 0.1) is 0 Å². The molecular formula is C11H19N3O. The van der Waals surface area contributed by atoms with Crippen molar-refractivity contribution >= 4 is 0 Å². The van der Waals surface area contributed by atoms with Gasteiger partial charge >= 0.3 is 0 Å². The Kier molecular flexibility index (Phi) is 3.41. The average Bonchev–Trinajstić information content (AvgIpc) is 2.73. The number of hydrogen-bond donors (Lipinski definition) is 1. The first kappa shape index (κ1) is 10.7. The largest absolute Gasteiger partial charge is 0.472 e. The maximum atomic E-state index is 5.79. The van der Waals surface area contributed by atoms with E-state index in [1.54, 1.807) is 6.26 Å². The summed E-state index contributed by atoms with van der Waals surface area (Å²) in [5.74, 6) is 0. The second kappa shape index (κ2) is 4.79. The Morgan fingerprint density at radius 1 is 1.53 bits per heavy atom. The Bertz CT molecular complexity index is 286. The minimum Gasteiger partial charge on any atom is -0.472 e. The molecule has 0 spiro atoms. The molecule has 1 aromatic heterocycles. The van der Waals surface area contributed by atoms with Crippen molar-refractivity contribution in [3.05, 3.63) is 24.2 Å². The van der Waals surface area contributed by atoms with Crippen LogP contribution < -0.4 is 5.73 Å². The zero-order chi connectivity index (χ0) is 10.7. The summed E-state index contributed by atoms with van der Waals surface area (Å²) in [6.07, 6.45) is 3.54. The topological polar surface area (TPSA) is 45.6 Å². The van der Waals surface area contributed by atoms with Gasteiger partial charge in [0.15, 0.2) is 0 Å². The number of nitrogens with zero attached hydrogens (tertiary/aromatic N) is 2. The zero-order valence-corrected chi connectivity index (χ0v) is 9.22. The van der Waals surface area contributed by atoms with Crippen molar-refractivity contribution in [2.75, 3.05) is 33.2 Å². The minimum atomic E-state index is 0.471. The second-order valence-corrected chi connectivity index (χ2v) is 4.25. The summed E-state index contributed by atoms with van der Waals surface area (Å²) >= 11 is 0. The average molecular weight is 209 g/mol. The molecule has 4 heteroatoms. The van der Waals surface area contributed by atoms with Crippen LogP contribution in [0.4, 0.5) is 0 Å². The molecule has 1 fully saturated rings. The highest BCUT2D eigenvalue weighted by Gasteiger charge is 2.23. The molecule has 4 nitrogen and oxygen atoms in total. The van der Waals surface area contributed by atoms with Crippen molar-refractivity contribution in [1.29, 1.82) is 0 Å². The Morgan fingerprint density at radius 2 is 2.40 bits per heavy atom. The maximum absolute atomic E-state index is 5.79. The summed E-state index contributed by atoms with van der Waals surface area (Å²) in [4.78, 5) is 4.77. The highest BCUT2D eigenvalue weighted by Crippen LogP contribution is 2.12. The smallest absolute Gasteiger partial charge is 0.0947 e. The molecule has 2 N–H and O–H groups in total. The van der Waals surface area contributed by atoms with Crippen molar-refractivity contribution in [1.82, 2.24) is 9.80 Å². The molecule has 0 bridgehead atoms. The van der Waals surface area contributed by atoms with Crippen LogP contribution in [0.5, 0.6) is 0 Å². The van der Waals surface area contributed by atoms with Gasteiger partial charge in [0.25, 0.3) is 0 Å². The highest BCUT2D eigenvalue weighted by atomic mass is 16.3. The van der Waals surface area contributed by atoms with Crippen molar-refractivity contribution < 1.29 is 4.42 Å². The normalized spacial score (nSPS) is 24.5. The van der Waals surface area contributed by atoms with Gasteiger partial charge in [-0.25, -0.2) is 0 Å². The van der Waals surface area contributed by atoms with Gasteiger partial charge in [0.1, 0.15) is 0 Å². The molecule has 1 unspecified atom stereocenters. The Hall–Kier alpha value is -0.840. The summed E-state index contributed by atoms with van der Waals surface area (Å²) in [5, 5.41) is 0. The molecule has 1 atom stereocenters. The molecule has 0 aromatic carbocycles. The quantitative estimate of drug-likeness (QED) is 0.780. The van der Waals surface area contributed by atoms with E-state index in [1.165, 1.54) is 5.56 Å². The SMILES string of the molecule is CN1CCN(Cc2ccoc2)C(CN)C1. The maximum Gasteiger partial charge on any atom is 0.0947 e. The number of likely N-dealkylation sites (N-methyl/N-ethyl adjacent to an activating group) is 1. The van der Waals surface area contributed by atoms with Gasteiger partial charge in [-0.15, -0.1) is 0 Å². The number of nitrogens with two attached hydrogens (primary N) is 1.